The van der Waals surface area contributed by atoms with Crippen molar-refractivity contribution in [3.63, 3.8) is 0 Å². The van der Waals surface area contributed by atoms with Crippen LogP contribution in [0, 0.1) is 17.1 Å². The number of aromatic nitrogens is 1. The van der Waals surface area contributed by atoms with Crippen molar-refractivity contribution < 1.29 is 9.50 Å². The van der Waals surface area contributed by atoms with Gasteiger partial charge in [-0.2, -0.15) is 5.26 Å². The highest BCUT2D eigenvalue weighted by molar-refractivity contribution is 5.54. The number of hydrogen-bond donors (Lipinski definition) is 1. The van der Waals surface area contributed by atoms with E-state index in [0.717, 1.165) is 39.1 Å². The molecule has 2 aliphatic rings. The molecule has 2 fully saturated rings. The molecule has 2 atom stereocenters. The first-order valence-electron chi connectivity index (χ1n) is 9.69. The molecule has 2 aromatic rings. The normalized spacial score (nSPS) is 23.5. The van der Waals surface area contributed by atoms with Crippen molar-refractivity contribution >= 4 is 11.5 Å². The van der Waals surface area contributed by atoms with Crippen LogP contribution in [-0.2, 0) is 0 Å². The van der Waals surface area contributed by atoms with Crippen LogP contribution in [0.25, 0.3) is 0 Å². The number of hydrogen-bond acceptors (Lipinski definition) is 6. The maximum Gasteiger partial charge on any atom is 0.146 e. The molecule has 0 unspecified atom stereocenters. The summed E-state index contributed by atoms with van der Waals surface area (Å²) in [5, 5.41) is 20.1. The van der Waals surface area contributed by atoms with Gasteiger partial charge < -0.3 is 14.9 Å². The van der Waals surface area contributed by atoms with E-state index in [4.69, 9.17) is 0 Å². The Morgan fingerprint density at radius 3 is 2.54 bits per heavy atom. The summed E-state index contributed by atoms with van der Waals surface area (Å²) in [5.41, 5.74) is 1.18. The number of benzene rings is 1. The fourth-order valence-corrected chi connectivity index (χ4v) is 4.28. The zero-order valence-electron chi connectivity index (χ0n) is 15.7. The van der Waals surface area contributed by atoms with Gasteiger partial charge in [0, 0.05) is 51.5 Å². The number of anilines is 2. The number of nitriles is 1. The number of rotatable bonds is 3. The zero-order valence-corrected chi connectivity index (χ0v) is 15.7. The second kappa shape index (κ2) is 8.13. The molecule has 0 bridgehead atoms. The maximum atomic E-state index is 14.0. The summed E-state index contributed by atoms with van der Waals surface area (Å²) in [7, 11) is 0. The van der Waals surface area contributed by atoms with Gasteiger partial charge in [0.05, 0.1) is 17.4 Å². The van der Waals surface area contributed by atoms with E-state index in [2.05, 4.69) is 20.9 Å². The largest absolute Gasteiger partial charge is 0.390 e. The van der Waals surface area contributed by atoms with E-state index in [0.29, 0.717) is 23.6 Å². The van der Waals surface area contributed by atoms with Gasteiger partial charge in [-0.15, -0.1) is 0 Å². The monoisotopic (exact) mass is 381 g/mol. The molecule has 1 N–H and O–H groups in total. The van der Waals surface area contributed by atoms with E-state index in [1.807, 2.05) is 17.0 Å². The summed E-state index contributed by atoms with van der Waals surface area (Å²) in [4.78, 5) is 10.7. The summed E-state index contributed by atoms with van der Waals surface area (Å²) in [5.74, 6) is 0.458. The van der Waals surface area contributed by atoms with Gasteiger partial charge >= 0.3 is 0 Å². The molecule has 2 saturated heterocycles. The number of β-amino-alcohol motifs (C(OH)–C–C–N with tert-alkyl or cyclic N) is 1. The predicted molar refractivity (Wildman–Crippen MR) is 106 cm³/mol. The molecule has 0 amide bonds. The van der Waals surface area contributed by atoms with E-state index >= 15 is 0 Å². The van der Waals surface area contributed by atoms with Crippen LogP contribution in [0.1, 0.15) is 12.0 Å². The smallest absolute Gasteiger partial charge is 0.146 e. The zero-order chi connectivity index (χ0) is 19.5. The standard InChI is InChI=1S/C21H24FN5O/c22-17-5-1-2-6-18(17)25-10-12-26(13-11-25)19-7-9-27(15-20(19)28)21-16(14-23)4-3-8-24-21/h1-6,8,19-20,28H,7,9-13,15H2/t19-,20-/m0/s1. The number of halogens is 1. The molecule has 146 valence electrons. The lowest BCUT2D eigenvalue weighted by atomic mass is 9.98. The fourth-order valence-electron chi connectivity index (χ4n) is 4.28. The van der Waals surface area contributed by atoms with Crippen LogP contribution in [-0.4, -0.2) is 66.4 Å². The van der Waals surface area contributed by atoms with Crippen LogP contribution in [0.3, 0.4) is 0 Å². The number of aliphatic hydroxyl groups is 1. The predicted octanol–water partition coefficient (Wildman–Crippen LogP) is 1.85. The quantitative estimate of drug-likeness (QED) is 0.875. The molecule has 1 aromatic heterocycles. The number of aliphatic hydroxyl groups excluding tert-OH is 1. The Morgan fingerprint density at radius 2 is 1.82 bits per heavy atom. The molecular weight excluding hydrogens is 357 g/mol. The molecule has 0 spiro atoms. The Balaban J connectivity index is 1.37. The van der Waals surface area contributed by atoms with E-state index in [1.54, 1.807) is 24.4 Å². The second-order valence-electron chi connectivity index (χ2n) is 7.33. The average Bonchev–Trinajstić information content (AvgIpc) is 2.74. The minimum atomic E-state index is -0.512. The summed E-state index contributed by atoms with van der Waals surface area (Å²) < 4.78 is 14.0. The van der Waals surface area contributed by atoms with Crippen molar-refractivity contribution in [3.05, 3.63) is 54.0 Å². The number of para-hydroxylation sites is 1. The van der Waals surface area contributed by atoms with Crippen molar-refractivity contribution in [1.29, 1.82) is 5.26 Å². The number of piperidine rings is 1. The Hall–Kier alpha value is -2.69. The van der Waals surface area contributed by atoms with Gasteiger partial charge in [0.2, 0.25) is 0 Å². The summed E-state index contributed by atoms with van der Waals surface area (Å²) >= 11 is 0. The van der Waals surface area contributed by atoms with Crippen molar-refractivity contribution in [3.8, 4) is 6.07 Å². The van der Waals surface area contributed by atoms with E-state index in [1.165, 1.54) is 6.07 Å². The SMILES string of the molecule is N#Cc1cccnc1N1CC[C@H](N2CCN(c3ccccc3F)CC2)[C@@H](O)C1. The Morgan fingerprint density at radius 1 is 1.04 bits per heavy atom. The molecule has 4 rings (SSSR count). The van der Waals surface area contributed by atoms with Crippen LogP contribution in [0.15, 0.2) is 42.6 Å². The third-order valence-corrected chi connectivity index (χ3v) is 5.73. The van der Waals surface area contributed by atoms with Gasteiger partial charge in [-0.1, -0.05) is 12.1 Å². The van der Waals surface area contributed by atoms with Gasteiger partial charge in [-0.05, 0) is 30.7 Å². The van der Waals surface area contributed by atoms with Crippen LogP contribution in [0.5, 0.6) is 0 Å². The molecule has 6 nitrogen and oxygen atoms in total. The molecule has 0 radical (unpaired) electrons. The third-order valence-electron chi connectivity index (χ3n) is 5.73. The van der Waals surface area contributed by atoms with Gasteiger partial charge in [0.15, 0.2) is 0 Å². The van der Waals surface area contributed by atoms with E-state index in [9.17, 15) is 14.8 Å². The minimum Gasteiger partial charge on any atom is -0.390 e. The third kappa shape index (κ3) is 3.66. The summed E-state index contributed by atoms with van der Waals surface area (Å²) in [6.45, 7) is 4.29. The van der Waals surface area contributed by atoms with Gasteiger partial charge in [0.25, 0.3) is 0 Å². The molecule has 0 aliphatic carbocycles. The van der Waals surface area contributed by atoms with Gasteiger partial charge in [-0.25, -0.2) is 9.37 Å². The lowest BCUT2D eigenvalue weighted by Crippen LogP contribution is -2.59. The van der Waals surface area contributed by atoms with Gasteiger partial charge in [-0.3, -0.25) is 4.90 Å². The Kier molecular flexibility index (Phi) is 5.42. The van der Waals surface area contributed by atoms with Crippen LogP contribution in [0.2, 0.25) is 0 Å². The highest BCUT2D eigenvalue weighted by atomic mass is 19.1. The van der Waals surface area contributed by atoms with Gasteiger partial charge in [0.1, 0.15) is 17.7 Å². The number of nitrogens with zero attached hydrogens (tertiary/aromatic N) is 5. The van der Waals surface area contributed by atoms with Crippen molar-refractivity contribution in [1.82, 2.24) is 9.88 Å². The van der Waals surface area contributed by atoms with Crippen LogP contribution >= 0.6 is 0 Å². The summed E-state index contributed by atoms with van der Waals surface area (Å²) in [6, 6.07) is 12.6. The Bertz CT molecular complexity index is 862. The second-order valence-corrected chi connectivity index (χ2v) is 7.33. The number of pyridine rings is 1. The molecule has 28 heavy (non-hydrogen) atoms. The number of piperazine rings is 1. The molecule has 2 aliphatic heterocycles. The van der Waals surface area contributed by atoms with Crippen molar-refractivity contribution in [2.24, 2.45) is 0 Å². The highest BCUT2D eigenvalue weighted by Crippen LogP contribution is 2.26. The van der Waals surface area contributed by atoms with E-state index < -0.39 is 6.10 Å². The van der Waals surface area contributed by atoms with Crippen molar-refractivity contribution in [2.45, 2.75) is 18.6 Å². The van der Waals surface area contributed by atoms with Crippen molar-refractivity contribution in [2.75, 3.05) is 49.1 Å². The molecule has 0 saturated carbocycles. The molecular formula is C21H24FN5O. The topological polar surface area (TPSA) is 66.6 Å². The molecule has 1 aromatic carbocycles. The lowest BCUT2D eigenvalue weighted by Gasteiger charge is -2.45. The maximum absolute atomic E-state index is 14.0. The Labute approximate surface area is 164 Å². The molecule has 3 heterocycles. The van der Waals surface area contributed by atoms with Crippen LogP contribution < -0.4 is 9.80 Å². The first-order valence-corrected chi connectivity index (χ1v) is 9.69. The fraction of sp³-hybridized carbons (Fsp3) is 0.429. The van der Waals surface area contributed by atoms with Crippen LogP contribution in [0.4, 0.5) is 15.9 Å². The minimum absolute atomic E-state index is 0.0771. The first-order chi connectivity index (χ1) is 13.7. The highest BCUT2D eigenvalue weighted by Gasteiger charge is 2.34. The first kappa shape index (κ1) is 18.7. The summed E-state index contributed by atoms with van der Waals surface area (Å²) in [6.07, 6.45) is 1.97. The average molecular weight is 381 g/mol. The lowest BCUT2D eigenvalue weighted by molar-refractivity contribution is 0.0336. The van der Waals surface area contributed by atoms with E-state index in [-0.39, 0.29) is 11.9 Å². The molecule has 7 heteroatoms.